The summed E-state index contributed by atoms with van der Waals surface area (Å²) in [4.78, 5) is 45.5. The maximum Gasteiger partial charge on any atom is 0.409 e. The summed E-state index contributed by atoms with van der Waals surface area (Å²) in [5, 5.41) is 13.0. The molecule has 2 aromatic rings. The van der Waals surface area contributed by atoms with Gasteiger partial charge in [-0.2, -0.15) is 0 Å². The van der Waals surface area contributed by atoms with Crippen LogP contribution >= 0.6 is 0 Å². The van der Waals surface area contributed by atoms with E-state index in [-0.39, 0.29) is 30.0 Å². The van der Waals surface area contributed by atoms with Crippen LogP contribution in [0.5, 0.6) is 5.75 Å². The van der Waals surface area contributed by atoms with E-state index in [0.717, 1.165) is 79.9 Å². The van der Waals surface area contributed by atoms with Crippen molar-refractivity contribution in [1.82, 2.24) is 19.6 Å². The zero-order valence-corrected chi connectivity index (χ0v) is 32.2. The molecule has 0 unspecified atom stereocenters. The number of urea groups is 1. The monoisotopic (exact) mass is 715 g/mol. The van der Waals surface area contributed by atoms with E-state index >= 15 is 0 Å². The minimum atomic E-state index is -0.286. The maximum atomic E-state index is 13.0. The molecule has 5 aliphatic rings. The van der Waals surface area contributed by atoms with Gasteiger partial charge in [-0.3, -0.25) is 4.79 Å². The number of hydrogen-bond donors (Lipinski definition) is 2. The lowest BCUT2D eigenvalue weighted by atomic mass is 9.82. The van der Waals surface area contributed by atoms with Gasteiger partial charge in [0.05, 0.1) is 7.11 Å². The number of hydrogen-bond acceptors (Lipinski definition) is 6. The second-order valence-corrected chi connectivity index (χ2v) is 16.4. The molecule has 4 aliphatic heterocycles. The van der Waals surface area contributed by atoms with Gasteiger partial charge in [0.25, 0.3) is 0 Å². The maximum absolute atomic E-state index is 13.0. The molecule has 1 aliphatic carbocycles. The number of methoxy groups -OCH3 is 1. The molecule has 4 fully saturated rings. The Morgan fingerprint density at radius 3 is 2.10 bits per heavy atom. The highest BCUT2D eigenvalue weighted by molar-refractivity contribution is 5.91. The molecule has 284 valence electrons. The van der Waals surface area contributed by atoms with Crippen molar-refractivity contribution in [1.29, 1.82) is 0 Å². The van der Waals surface area contributed by atoms with Crippen molar-refractivity contribution in [2.45, 2.75) is 104 Å². The summed E-state index contributed by atoms with van der Waals surface area (Å²) in [7, 11) is 1.40. The summed E-state index contributed by atoms with van der Waals surface area (Å²) in [5.41, 5.74) is 5.68. The Hall–Kier alpha value is -3.79. The number of piperidine rings is 3. The van der Waals surface area contributed by atoms with E-state index in [9.17, 15) is 19.5 Å². The van der Waals surface area contributed by atoms with Gasteiger partial charge in [0.1, 0.15) is 5.75 Å². The number of nitrogens with one attached hydrogen (secondary N) is 1. The first-order valence-corrected chi connectivity index (χ1v) is 19.8. The molecule has 4 amide bonds. The highest BCUT2D eigenvalue weighted by Gasteiger charge is 2.46. The number of anilines is 1. The average molecular weight is 716 g/mol. The van der Waals surface area contributed by atoms with Crippen molar-refractivity contribution in [3.63, 3.8) is 0 Å². The summed E-state index contributed by atoms with van der Waals surface area (Å²) in [5.74, 6) is 1.59. The second kappa shape index (κ2) is 16.5. The average Bonchev–Trinajstić information content (AvgIpc) is 3.95. The molecule has 2 N–H and O–H groups in total. The molecule has 10 nitrogen and oxygen atoms in total. The fourth-order valence-corrected chi connectivity index (χ4v) is 9.16. The smallest absolute Gasteiger partial charge is 0.409 e. The number of aryl methyl sites for hydroxylation is 2. The van der Waals surface area contributed by atoms with Gasteiger partial charge in [0.2, 0.25) is 5.91 Å². The van der Waals surface area contributed by atoms with Crippen LogP contribution in [0, 0.1) is 31.1 Å². The van der Waals surface area contributed by atoms with Crippen LogP contribution in [0.3, 0.4) is 0 Å². The molecular formula is C42H61N5O5. The van der Waals surface area contributed by atoms with Gasteiger partial charge in [-0.15, -0.1) is 0 Å². The Labute approximate surface area is 310 Å². The zero-order valence-electron chi connectivity index (χ0n) is 32.2. The van der Waals surface area contributed by atoms with E-state index in [1.54, 1.807) is 4.90 Å². The quantitative estimate of drug-likeness (QED) is 0.334. The number of benzene rings is 2. The molecule has 1 saturated carbocycles. The summed E-state index contributed by atoms with van der Waals surface area (Å²) in [6.07, 6.45) is 10.8. The SMILES string of the molecule is COC(=O)N1CCC(N2CCc3ccccc3NC2=O)CC1.Cc1cc(C[C@@H](C)C(=O)N2CCC(N3CCC(C4(C)CC4)CC3)CC2)cc(C)c1O. The normalized spacial score (nSPS) is 22.0. The van der Waals surface area contributed by atoms with Gasteiger partial charge in [0, 0.05) is 56.4 Å². The lowest BCUT2D eigenvalue weighted by molar-refractivity contribution is -0.136. The Balaban J connectivity index is 0.000000187. The molecule has 4 heterocycles. The Kier molecular flexibility index (Phi) is 12.0. The van der Waals surface area contributed by atoms with Crippen molar-refractivity contribution >= 4 is 23.7 Å². The van der Waals surface area contributed by atoms with E-state index in [1.165, 1.54) is 51.4 Å². The van der Waals surface area contributed by atoms with Crippen LogP contribution in [0.1, 0.15) is 87.5 Å². The van der Waals surface area contributed by atoms with Crippen LogP contribution in [0.25, 0.3) is 0 Å². The van der Waals surface area contributed by atoms with Crippen LogP contribution in [-0.4, -0.2) is 108 Å². The van der Waals surface area contributed by atoms with Gasteiger partial charge in [-0.1, -0.05) is 44.2 Å². The van der Waals surface area contributed by atoms with Gasteiger partial charge >= 0.3 is 12.1 Å². The van der Waals surface area contributed by atoms with Gasteiger partial charge in [-0.05, 0) is 131 Å². The molecule has 2 aromatic carbocycles. The van der Waals surface area contributed by atoms with E-state index in [2.05, 4.69) is 35.0 Å². The van der Waals surface area contributed by atoms with Crippen molar-refractivity contribution < 1.29 is 24.2 Å². The Bertz CT molecular complexity index is 1550. The fraction of sp³-hybridized carbons (Fsp3) is 0.643. The number of phenols is 1. The van der Waals surface area contributed by atoms with Gasteiger partial charge in [0.15, 0.2) is 0 Å². The lowest BCUT2D eigenvalue weighted by Crippen LogP contribution is -2.50. The zero-order chi connectivity index (χ0) is 37.0. The Morgan fingerprint density at radius 2 is 1.48 bits per heavy atom. The van der Waals surface area contributed by atoms with Crippen molar-refractivity contribution in [3.8, 4) is 5.75 Å². The van der Waals surface area contributed by atoms with E-state index in [1.807, 2.05) is 49.1 Å². The standard InChI is InChI=1S/C26H40N2O2.C16H21N3O3/c1-18-15-21(16-19(2)24(18)29)17-20(3)25(30)28-13-7-23(8-14-28)27-11-5-22(6-12-27)26(4)9-10-26;1-22-16(21)18-9-7-13(8-10-18)19-11-6-12-4-2-3-5-14(12)17-15(19)20/h15-16,20,22-23,29H,5-14,17H2,1-4H3;2-5,13H,6-11H2,1H3,(H,17,20)/t20-;/m1./s1. The van der Waals surface area contributed by atoms with Gasteiger partial charge < -0.3 is 34.8 Å². The number of para-hydroxylation sites is 1. The molecule has 0 spiro atoms. The van der Waals surface area contributed by atoms with Crippen LogP contribution in [0.2, 0.25) is 0 Å². The summed E-state index contributed by atoms with van der Waals surface area (Å²) in [6, 6.07) is 12.8. The highest BCUT2D eigenvalue weighted by Crippen LogP contribution is 2.54. The number of amides is 4. The number of nitrogens with zero attached hydrogens (tertiary/aromatic N) is 4. The number of phenolic OH excluding ortho intramolecular Hbond substituents is 1. The van der Waals surface area contributed by atoms with E-state index in [4.69, 9.17) is 4.74 Å². The molecule has 0 bridgehead atoms. The van der Waals surface area contributed by atoms with Crippen LogP contribution in [0.15, 0.2) is 36.4 Å². The number of fused-ring (bicyclic) bond motifs is 1. The number of carbonyl (C=O) groups excluding carboxylic acids is 3. The van der Waals surface area contributed by atoms with Gasteiger partial charge in [-0.25, -0.2) is 9.59 Å². The molecule has 3 saturated heterocycles. The first-order valence-electron chi connectivity index (χ1n) is 19.8. The molecular weight excluding hydrogens is 654 g/mol. The number of carbonyl (C=O) groups is 3. The number of likely N-dealkylation sites (tertiary alicyclic amines) is 3. The highest BCUT2D eigenvalue weighted by atomic mass is 16.5. The van der Waals surface area contributed by atoms with Crippen LogP contribution in [0.4, 0.5) is 15.3 Å². The third-order valence-corrected chi connectivity index (χ3v) is 12.8. The Morgan fingerprint density at radius 1 is 0.885 bits per heavy atom. The lowest BCUT2D eigenvalue weighted by Gasteiger charge is -2.43. The molecule has 10 heteroatoms. The van der Waals surface area contributed by atoms with E-state index in [0.29, 0.717) is 36.8 Å². The number of aromatic hydroxyl groups is 1. The van der Waals surface area contributed by atoms with Crippen LogP contribution in [-0.2, 0) is 22.4 Å². The number of rotatable bonds is 6. The van der Waals surface area contributed by atoms with Crippen molar-refractivity contribution in [2.75, 3.05) is 58.2 Å². The summed E-state index contributed by atoms with van der Waals surface area (Å²) >= 11 is 0. The predicted octanol–water partition coefficient (Wildman–Crippen LogP) is 7.00. The predicted molar refractivity (Wildman–Crippen MR) is 205 cm³/mol. The first-order chi connectivity index (χ1) is 25.0. The molecule has 1 atom stereocenters. The molecule has 0 aromatic heterocycles. The fourth-order valence-electron chi connectivity index (χ4n) is 9.16. The van der Waals surface area contributed by atoms with Crippen LogP contribution < -0.4 is 5.32 Å². The summed E-state index contributed by atoms with van der Waals surface area (Å²) < 4.78 is 4.75. The third-order valence-electron chi connectivity index (χ3n) is 12.8. The molecule has 0 radical (unpaired) electrons. The van der Waals surface area contributed by atoms with E-state index < -0.39 is 0 Å². The molecule has 7 rings (SSSR count). The minimum absolute atomic E-state index is 0.0140. The molecule has 52 heavy (non-hydrogen) atoms. The first kappa shape index (κ1) is 38.0. The van der Waals surface area contributed by atoms with Crippen molar-refractivity contribution in [2.24, 2.45) is 17.3 Å². The second-order valence-electron chi connectivity index (χ2n) is 16.4. The largest absolute Gasteiger partial charge is 0.507 e. The van der Waals surface area contributed by atoms with Crippen molar-refractivity contribution in [3.05, 3.63) is 58.7 Å². The minimum Gasteiger partial charge on any atom is -0.507 e. The third kappa shape index (κ3) is 8.87. The topological polar surface area (TPSA) is 106 Å². The summed E-state index contributed by atoms with van der Waals surface area (Å²) in [6.45, 7) is 14.7. The number of ether oxygens (including phenoxy) is 1.